The molecule has 0 spiro atoms. The van der Waals surface area contributed by atoms with Gasteiger partial charge in [0.25, 0.3) is 0 Å². The Morgan fingerprint density at radius 2 is 2.10 bits per heavy atom. The van der Waals surface area contributed by atoms with E-state index in [1.807, 2.05) is 24.3 Å². The van der Waals surface area contributed by atoms with E-state index in [1.54, 1.807) is 0 Å². The van der Waals surface area contributed by atoms with Gasteiger partial charge in [0.15, 0.2) is 0 Å². The molecule has 1 N–H and O–H groups in total. The van der Waals surface area contributed by atoms with Crippen LogP contribution >= 0.6 is 0 Å². The van der Waals surface area contributed by atoms with E-state index in [0.29, 0.717) is 6.61 Å². The lowest BCUT2D eigenvalue weighted by Gasteiger charge is -2.39. The Kier molecular flexibility index (Phi) is 5.22. The molecule has 0 bridgehead atoms. The van der Waals surface area contributed by atoms with Gasteiger partial charge in [0, 0.05) is 24.6 Å². The highest BCUT2D eigenvalue weighted by Gasteiger charge is 2.43. The number of likely N-dealkylation sites (N-methyl/N-ethyl adjacent to an activating group) is 1. The summed E-state index contributed by atoms with van der Waals surface area (Å²) in [5, 5.41) is 13.4. The summed E-state index contributed by atoms with van der Waals surface area (Å²) in [7, 11) is 0. The molecule has 0 fully saturated rings. The molecule has 4 nitrogen and oxygen atoms in total. The van der Waals surface area contributed by atoms with E-state index < -0.39 is 5.54 Å². The summed E-state index contributed by atoms with van der Waals surface area (Å²) < 4.78 is 5.76. The number of nitrogens with zero attached hydrogens (tertiary/aromatic N) is 2. The Bertz CT molecular complexity index is 507. The fourth-order valence-corrected chi connectivity index (χ4v) is 2.95. The van der Waals surface area contributed by atoms with Crippen LogP contribution in [0, 0.1) is 17.2 Å². The van der Waals surface area contributed by atoms with E-state index in [9.17, 15) is 5.26 Å². The van der Waals surface area contributed by atoms with E-state index in [2.05, 4.69) is 37.1 Å². The van der Waals surface area contributed by atoms with Gasteiger partial charge in [-0.3, -0.25) is 5.32 Å². The highest BCUT2D eigenvalue weighted by molar-refractivity contribution is 5.45. The first kappa shape index (κ1) is 15.8. The van der Waals surface area contributed by atoms with Gasteiger partial charge in [-0.1, -0.05) is 39.0 Å². The van der Waals surface area contributed by atoms with Crippen LogP contribution in [-0.2, 0) is 5.54 Å². The number of nitrogens with one attached hydrogen (secondary N) is 1. The Balaban J connectivity index is 2.18. The molecule has 114 valence electrons. The Morgan fingerprint density at radius 1 is 1.38 bits per heavy atom. The second-order valence-electron chi connectivity index (χ2n) is 5.58. The molecule has 0 saturated carbocycles. The first-order valence-corrected chi connectivity index (χ1v) is 7.78. The molecule has 0 saturated heterocycles. The number of nitriles is 1. The quantitative estimate of drug-likeness (QED) is 0.872. The van der Waals surface area contributed by atoms with Crippen molar-refractivity contribution in [1.29, 1.82) is 5.26 Å². The van der Waals surface area contributed by atoms with Crippen LogP contribution in [0.3, 0.4) is 0 Å². The lowest BCUT2D eigenvalue weighted by molar-refractivity contribution is 0.146. The smallest absolute Gasteiger partial charge is 0.141 e. The van der Waals surface area contributed by atoms with Crippen molar-refractivity contribution >= 4 is 0 Å². The number of rotatable bonds is 6. The molecular weight excluding hydrogens is 262 g/mol. The van der Waals surface area contributed by atoms with Crippen molar-refractivity contribution in [1.82, 2.24) is 10.2 Å². The van der Waals surface area contributed by atoms with Gasteiger partial charge in [0.05, 0.1) is 12.7 Å². The molecule has 1 heterocycles. The van der Waals surface area contributed by atoms with Gasteiger partial charge in [-0.05, 0) is 19.2 Å². The molecule has 1 aliphatic rings. The minimum Gasteiger partial charge on any atom is -0.493 e. The normalized spacial score (nSPS) is 24.2. The molecule has 2 unspecified atom stereocenters. The van der Waals surface area contributed by atoms with Crippen molar-refractivity contribution in [3.8, 4) is 11.8 Å². The molecule has 1 aliphatic heterocycles. The zero-order chi connectivity index (χ0) is 15.3. The molecule has 0 aliphatic carbocycles. The lowest BCUT2D eigenvalue weighted by Crippen LogP contribution is -2.52. The maximum Gasteiger partial charge on any atom is 0.141 e. The summed E-state index contributed by atoms with van der Waals surface area (Å²) in [4.78, 5) is 2.36. The largest absolute Gasteiger partial charge is 0.493 e. The third-order valence-electron chi connectivity index (χ3n) is 4.44. The zero-order valence-electron chi connectivity index (χ0n) is 13.2. The van der Waals surface area contributed by atoms with Gasteiger partial charge in [-0.15, -0.1) is 0 Å². The van der Waals surface area contributed by atoms with Gasteiger partial charge in [0.1, 0.15) is 11.3 Å². The Labute approximate surface area is 127 Å². The van der Waals surface area contributed by atoms with Gasteiger partial charge < -0.3 is 9.64 Å². The maximum atomic E-state index is 9.86. The van der Waals surface area contributed by atoms with E-state index in [-0.39, 0.29) is 5.92 Å². The molecule has 2 atom stereocenters. The third-order valence-corrected chi connectivity index (χ3v) is 4.44. The van der Waals surface area contributed by atoms with Gasteiger partial charge in [0.2, 0.25) is 0 Å². The fraction of sp³-hybridized carbons (Fsp3) is 0.588. The highest BCUT2D eigenvalue weighted by atomic mass is 16.5. The monoisotopic (exact) mass is 287 g/mol. The van der Waals surface area contributed by atoms with Crippen LogP contribution < -0.4 is 10.1 Å². The number of fused-ring (bicyclic) bond motifs is 1. The molecule has 0 aromatic heterocycles. The van der Waals surface area contributed by atoms with E-state index in [4.69, 9.17) is 4.74 Å². The van der Waals surface area contributed by atoms with Crippen LogP contribution in [0.4, 0.5) is 0 Å². The Hall–Kier alpha value is -1.57. The molecular formula is C17H25N3O. The predicted octanol–water partition coefficient (Wildman–Crippen LogP) is 2.37. The predicted molar refractivity (Wildman–Crippen MR) is 84.2 cm³/mol. The van der Waals surface area contributed by atoms with Crippen LogP contribution in [0.5, 0.6) is 5.75 Å². The summed E-state index contributed by atoms with van der Waals surface area (Å²) >= 11 is 0. The topological polar surface area (TPSA) is 48.3 Å². The van der Waals surface area contributed by atoms with Crippen LogP contribution in [0.15, 0.2) is 24.3 Å². The first-order valence-electron chi connectivity index (χ1n) is 7.78. The average molecular weight is 287 g/mol. The molecule has 1 aromatic rings. The lowest BCUT2D eigenvalue weighted by atomic mass is 9.78. The molecule has 0 radical (unpaired) electrons. The van der Waals surface area contributed by atoms with E-state index in [0.717, 1.165) is 37.5 Å². The van der Waals surface area contributed by atoms with Crippen LogP contribution in [0.1, 0.15) is 26.3 Å². The summed E-state index contributed by atoms with van der Waals surface area (Å²) in [6, 6.07) is 10.4. The second kappa shape index (κ2) is 6.93. The standard InChI is InChI=1S/C17H25N3O/c1-4-20(5-2)11-10-19-17(13-18)14(3)12-21-16-9-7-6-8-15(16)17/h6-9,14,19H,4-5,10-12H2,1-3H3. The number of benzene rings is 1. The van der Waals surface area contributed by atoms with Crippen LogP contribution in [-0.4, -0.2) is 37.7 Å². The molecule has 1 aromatic carbocycles. The van der Waals surface area contributed by atoms with Gasteiger partial charge in [-0.2, -0.15) is 5.26 Å². The van der Waals surface area contributed by atoms with Crippen molar-refractivity contribution in [2.75, 3.05) is 32.8 Å². The van der Waals surface area contributed by atoms with E-state index >= 15 is 0 Å². The average Bonchev–Trinajstić information content (AvgIpc) is 2.53. The minimum atomic E-state index is -0.651. The van der Waals surface area contributed by atoms with Crippen LogP contribution in [0.25, 0.3) is 0 Å². The van der Waals surface area contributed by atoms with Crippen molar-refractivity contribution in [3.05, 3.63) is 29.8 Å². The minimum absolute atomic E-state index is 0.120. The van der Waals surface area contributed by atoms with Crippen molar-refractivity contribution in [2.45, 2.75) is 26.3 Å². The number of hydrogen-bond acceptors (Lipinski definition) is 4. The summed E-state index contributed by atoms with van der Waals surface area (Å²) in [5.41, 5.74) is 0.313. The van der Waals surface area contributed by atoms with Gasteiger partial charge >= 0.3 is 0 Å². The first-order chi connectivity index (χ1) is 10.2. The van der Waals surface area contributed by atoms with Gasteiger partial charge in [-0.25, -0.2) is 0 Å². The third kappa shape index (κ3) is 3.04. The summed E-state index contributed by atoms with van der Waals surface area (Å²) in [5.74, 6) is 0.946. The highest BCUT2D eigenvalue weighted by Crippen LogP contribution is 2.39. The fourth-order valence-electron chi connectivity index (χ4n) is 2.95. The molecule has 21 heavy (non-hydrogen) atoms. The van der Waals surface area contributed by atoms with Crippen LogP contribution in [0.2, 0.25) is 0 Å². The Morgan fingerprint density at radius 3 is 2.76 bits per heavy atom. The molecule has 4 heteroatoms. The van der Waals surface area contributed by atoms with Crippen molar-refractivity contribution in [3.63, 3.8) is 0 Å². The van der Waals surface area contributed by atoms with E-state index in [1.165, 1.54) is 0 Å². The SMILES string of the molecule is CCN(CC)CCNC1(C#N)c2ccccc2OCC1C. The molecule has 2 rings (SSSR count). The number of hydrogen-bond donors (Lipinski definition) is 1. The summed E-state index contributed by atoms with van der Waals surface area (Å²) in [6.45, 7) is 10.8. The number of para-hydroxylation sites is 1. The summed E-state index contributed by atoms with van der Waals surface area (Å²) in [6.07, 6.45) is 0. The molecule has 0 amide bonds. The van der Waals surface area contributed by atoms with Crippen molar-refractivity contribution in [2.24, 2.45) is 5.92 Å². The van der Waals surface area contributed by atoms with Crippen molar-refractivity contribution < 1.29 is 4.74 Å². The maximum absolute atomic E-state index is 9.86. The number of ether oxygens (including phenoxy) is 1. The zero-order valence-corrected chi connectivity index (χ0v) is 13.2. The second-order valence-corrected chi connectivity index (χ2v) is 5.58.